The molecule has 4 N–H and O–H groups in total. The van der Waals surface area contributed by atoms with Gasteiger partial charge in [0.2, 0.25) is 0 Å². The molecule has 0 unspecified atom stereocenters. The molecule has 0 aliphatic carbocycles. The van der Waals surface area contributed by atoms with E-state index in [-0.39, 0.29) is 0 Å². The molecule has 0 aliphatic rings. The summed E-state index contributed by atoms with van der Waals surface area (Å²) in [5.74, 6) is 2.34. The average Bonchev–Trinajstić information content (AvgIpc) is 1.88. The third kappa shape index (κ3) is 1.06. The van der Waals surface area contributed by atoms with Gasteiger partial charge in [-0.25, -0.2) is 9.97 Å². The Balaban J connectivity index is 3.30. The number of hydrogen-bond donors (Lipinski definition) is 2. The molecule has 0 aromatic carbocycles. The lowest BCUT2D eigenvalue weighted by Gasteiger charge is -1.99. The predicted octanol–water partition coefficient (Wildman–Crippen LogP) is -0.0659. The lowest BCUT2D eigenvalue weighted by atomic mass is 10.3. The minimum absolute atomic E-state index is 0.377. The monoisotopic (exact) mass is 154 g/mol. The fourth-order valence-electron chi connectivity index (χ4n) is 0.571. The molecule has 0 amide bonds. The largest absolute Gasteiger partial charge is 0.383 e. The number of hydrogen-bond acceptors (Lipinski definition) is 4. The molecule has 10 heavy (non-hydrogen) atoms. The first-order chi connectivity index (χ1) is 4.75. The fourth-order valence-corrected chi connectivity index (χ4v) is 0.867. The summed E-state index contributed by atoms with van der Waals surface area (Å²) >= 11 is 0. The molecular formula is C5H7N4P. The molecule has 0 spiro atoms. The molecular weight excluding hydrogens is 147 g/mol. The first-order valence-electron chi connectivity index (χ1n) is 2.62. The molecule has 0 radical (unpaired) electrons. The van der Waals surface area contributed by atoms with E-state index < -0.39 is 0 Å². The number of nitrogens with zero attached hydrogens (tertiary/aromatic N) is 2. The summed E-state index contributed by atoms with van der Waals surface area (Å²) in [4.78, 5) is 7.47. The minimum Gasteiger partial charge on any atom is -0.383 e. The summed E-state index contributed by atoms with van der Waals surface area (Å²) in [7, 11) is 3.14. The normalized spacial score (nSPS) is 9.20. The topological polar surface area (TPSA) is 77.8 Å². The van der Waals surface area contributed by atoms with Crippen LogP contribution in [0.3, 0.4) is 0 Å². The molecule has 0 bridgehead atoms. The lowest BCUT2D eigenvalue weighted by molar-refractivity contribution is 1.18. The van der Waals surface area contributed by atoms with Gasteiger partial charge in [-0.15, -0.1) is 8.86 Å². The smallest absolute Gasteiger partial charge is 0.136 e. The summed E-state index contributed by atoms with van der Waals surface area (Å²) < 4.78 is 0. The minimum atomic E-state index is 0.377. The summed E-state index contributed by atoms with van der Waals surface area (Å²) in [6, 6.07) is 0. The second kappa shape index (κ2) is 2.62. The van der Waals surface area contributed by atoms with Crippen molar-refractivity contribution in [3.05, 3.63) is 11.9 Å². The van der Waals surface area contributed by atoms with Crippen molar-refractivity contribution in [2.24, 2.45) is 0 Å². The second-order valence-electron chi connectivity index (χ2n) is 1.70. The molecule has 0 fully saturated rings. The Hall–Kier alpha value is -1.15. The van der Waals surface area contributed by atoms with Crippen LogP contribution < -0.4 is 11.5 Å². The molecule has 0 saturated heterocycles. The van der Waals surface area contributed by atoms with Crippen LogP contribution in [0.25, 0.3) is 0 Å². The summed E-state index contributed by atoms with van der Waals surface area (Å²) in [5.41, 5.74) is 11.5. The standard InChI is InChI=1S/C5H7N4P/c6-4-3(1-10)5(7)9-2-8-4/h1-2,10H,(H4,6,7,8,9). The zero-order valence-electron chi connectivity index (χ0n) is 5.20. The van der Waals surface area contributed by atoms with Crippen molar-refractivity contribution in [3.8, 4) is 0 Å². The van der Waals surface area contributed by atoms with Crippen LogP contribution >= 0.6 is 8.86 Å². The third-order valence-corrected chi connectivity index (χ3v) is 1.38. The molecule has 0 atom stereocenters. The van der Waals surface area contributed by atoms with Crippen molar-refractivity contribution >= 4 is 26.3 Å². The van der Waals surface area contributed by atoms with Gasteiger partial charge in [0.25, 0.3) is 0 Å². The van der Waals surface area contributed by atoms with E-state index in [0.29, 0.717) is 17.2 Å². The first-order valence-corrected chi connectivity index (χ1v) is 3.20. The highest BCUT2D eigenvalue weighted by Gasteiger charge is 1.99. The van der Waals surface area contributed by atoms with Crippen LogP contribution in [0.4, 0.5) is 11.6 Å². The van der Waals surface area contributed by atoms with Gasteiger partial charge in [-0.2, -0.15) is 0 Å². The molecule has 1 aromatic rings. The number of nitrogen functional groups attached to an aromatic ring is 2. The van der Waals surface area contributed by atoms with Crippen molar-refractivity contribution < 1.29 is 0 Å². The van der Waals surface area contributed by atoms with E-state index in [9.17, 15) is 0 Å². The number of anilines is 2. The average molecular weight is 154 g/mol. The van der Waals surface area contributed by atoms with Gasteiger partial charge in [0, 0.05) is 0 Å². The maximum Gasteiger partial charge on any atom is 0.136 e. The van der Waals surface area contributed by atoms with Crippen molar-refractivity contribution in [2.75, 3.05) is 11.5 Å². The molecule has 52 valence electrons. The van der Waals surface area contributed by atoms with Gasteiger partial charge in [0.15, 0.2) is 0 Å². The molecule has 0 aliphatic heterocycles. The summed E-state index contributed by atoms with van der Waals surface area (Å²) in [5, 5.41) is 0. The number of nitrogens with two attached hydrogens (primary N) is 2. The van der Waals surface area contributed by atoms with Gasteiger partial charge in [-0.05, 0) is 5.80 Å². The Morgan fingerprint density at radius 3 is 2.10 bits per heavy atom. The van der Waals surface area contributed by atoms with E-state index in [2.05, 4.69) is 18.8 Å². The Morgan fingerprint density at radius 2 is 1.80 bits per heavy atom. The molecule has 0 saturated carbocycles. The molecule has 1 aromatic heterocycles. The quantitative estimate of drug-likeness (QED) is 0.555. The highest BCUT2D eigenvalue weighted by Crippen LogP contribution is 2.10. The second-order valence-corrected chi connectivity index (χ2v) is 1.99. The number of aromatic nitrogens is 2. The van der Waals surface area contributed by atoms with E-state index in [0.717, 1.165) is 0 Å². The Labute approximate surface area is 60.5 Å². The maximum absolute atomic E-state index is 5.44. The third-order valence-electron chi connectivity index (χ3n) is 1.09. The summed E-state index contributed by atoms with van der Waals surface area (Å²) in [6.45, 7) is 0. The van der Waals surface area contributed by atoms with Crippen LogP contribution in [0, 0.1) is 0 Å². The SMILES string of the molecule is Nc1ncnc(N)c1C=P. The van der Waals surface area contributed by atoms with Crippen molar-refractivity contribution in [1.29, 1.82) is 0 Å². The number of rotatable bonds is 1. The maximum atomic E-state index is 5.44. The van der Waals surface area contributed by atoms with Crippen LogP contribution in [0.1, 0.15) is 5.56 Å². The van der Waals surface area contributed by atoms with Crippen LogP contribution in [0.2, 0.25) is 0 Å². The molecule has 1 rings (SSSR count). The Bertz CT molecular complexity index is 240. The van der Waals surface area contributed by atoms with Crippen LogP contribution in [0.15, 0.2) is 6.33 Å². The van der Waals surface area contributed by atoms with Gasteiger partial charge < -0.3 is 11.5 Å². The fraction of sp³-hybridized carbons (Fsp3) is 0. The predicted molar refractivity (Wildman–Crippen MR) is 44.3 cm³/mol. The van der Waals surface area contributed by atoms with Crippen molar-refractivity contribution in [2.45, 2.75) is 0 Å². The van der Waals surface area contributed by atoms with E-state index in [1.165, 1.54) is 6.33 Å². The van der Waals surface area contributed by atoms with Gasteiger partial charge in [0.1, 0.15) is 18.0 Å². The first kappa shape index (κ1) is 6.96. The van der Waals surface area contributed by atoms with Gasteiger partial charge in [-0.3, -0.25) is 0 Å². The van der Waals surface area contributed by atoms with Crippen molar-refractivity contribution in [1.82, 2.24) is 9.97 Å². The molecule has 1 heterocycles. The van der Waals surface area contributed by atoms with Crippen LogP contribution in [-0.4, -0.2) is 15.8 Å². The van der Waals surface area contributed by atoms with Crippen LogP contribution in [0.5, 0.6) is 0 Å². The highest BCUT2D eigenvalue weighted by molar-refractivity contribution is 7.19. The zero-order chi connectivity index (χ0) is 7.56. The Kier molecular flexibility index (Phi) is 1.83. The van der Waals surface area contributed by atoms with E-state index in [1.807, 2.05) is 0 Å². The molecule has 5 heteroatoms. The van der Waals surface area contributed by atoms with E-state index in [4.69, 9.17) is 11.5 Å². The Morgan fingerprint density at radius 1 is 1.30 bits per heavy atom. The lowest BCUT2D eigenvalue weighted by Crippen LogP contribution is -2.02. The zero-order valence-corrected chi connectivity index (χ0v) is 6.20. The highest BCUT2D eigenvalue weighted by atomic mass is 31.0. The van der Waals surface area contributed by atoms with Gasteiger partial charge in [0.05, 0.1) is 5.56 Å². The molecule has 4 nitrogen and oxygen atoms in total. The summed E-state index contributed by atoms with van der Waals surface area (Å²) in [6.07, 6.45) is 1.32. The van der Waals surface area contributed by atoms with Gasteiger partial charge in [-0.1, -0.05) is 0 Å². The van der Waals surface area contributed by atoms with E-state index >= 15 is 0 Å². The van der Waals surface area contributed by atoms with Crippen molar-refractivity contribution in [3.63, 3.8) is 0 Å². The van der Waals surface area contributed by atoms with Crippen LogP contribution in [-0.2, 0) is 0 Å². The van der Waals surface area contributed by atoms with E-state index in [1.54, 1.807) is 5.80 Å². The van der Waals surface area contributed by atoms with Gasteiger partial charge >= 0.3 is 0 Å².